The Balaban J connectivity index is 2.07. The molecule has 2 atom stereocenters. The van der Waals surface area contributed by atoms with E-state index in [1.807, 2.05) is 12.2 Å². The minimum Gasteiger partial charge on any atom is -0.326 e. The highest BCUT2D eigenvalue weighted by atomic mass is 32.2. The van der Waals surface area contributed by atoms with E-state index in [1.54, 1.807) is 25.1 Å². The number of nitrogens with one attached hydrogen (secondary N) is 2. The maximum Gasteiger partial charge on any atom is 0.231 e. The highest BCUT2D eigenvalue weighted by molar-refractivity contribution is 7.92. The summed E-state index contributed by atoms with van der Waals surface area (Å²) in [6, 6.07) is 4.95. The predicted molar refractivity (Wildman–Crippen MR) is 83.5 cm³/mol. The van der Waals surface area contributed by atoms with Crippen molar-refractivity contribution in [2.24, 2.45) is 11.7 Å². The number of sulfonamides is 1. The van der Waals surface area contributed by atoms with Crippen molar-refractivity contribution in [1.29, 1.82) is 0 Å². The third kappa shape index (κ3) is 4.30. The van der Waals surface area contributed by atoms with Gasteiger partial charge in [0.25, 0.3) is 0 Å². The molecular weight excluding hydrogens is 290 g/mol. The monoisotopic (exact) mass is 309 g/mol. The third-order valence-corrected chi connectivity index (χ3v) is 3.83. The van der Waals surface area contributed by atoms with Crippen LogP contribution in [0.2, 0.25) is 0 Å². The van der Waals surface area contributed by atoms with E-state index in [0.29, 0.717) is 17.8 Å². The Hall–Kier alpha value is -1.86. The van der Waals surface area contributed by atoms with Crippen LogP contribution in [0.5, 0.6) is 0 Å². The second kappa shape index (κ2) is 5.87. The molecule has 2 unspecified atom stereocenters. The lowest BCUT2D eigenvalue weighted by Gasteiger charge is -2.13. The highest BCUT2D eigenvalue weighted by Crippen LogP contribution is 2.23. The lowest BCUT2D eigenvalue weighted by Crippen LogP contribution is -2.24. The molecule has 4 N–H and O–H groups in total. The van der Waals surface area contributed by atoms with Gasteiger partial charge in [-0.3, -0.25) is 9.52 Å². The largest absolute Gasteiger partial charge is 0.326 e. The molecule has 2 rings (SSSR count). The molecule has 0 fully saturated rings. The first kappa shape index (κ1) is 15.5. The molecule has 1 aliphatic rings. The number of nitrogens with two attached hydrogens (primary N) is 1. The second-order valence-electron chi connectivity index (χ2n) is 5.28. The Labute approximate surface area is 124 Å². The number of aryl methyl sites for hydroxylation is 1. The smallest absolute Gasteiger partial charge is 0.231 e. The van der Waals surface area contributed by atoms with E-state index in [9.17, 15) is 13.2 Å². The lowest BCUT2D eigenvalue weighted by atomic mass is 10.1. The van der Waals surface area contributed by atoms with Crippen molar-refractivity contribution in [3.8, 4) is 0 Å². The lowest BCUT2D eigenvalue weighted by molar-refractivity contribution is -0.118. The SMILES string of the molecule is Cc1cc(NC(=O)C2C=CC(N)C2)ccc1NS(C)(=O)=O. The minimum atomic E-state index is -3.32. The summed E-state index contributed by atoms with van der Waals surface area (Å²) < 4.78 is 24.9. The van der Waals surface area contributed by atoms with Gasteiger partial charge >= 0.3 is 0 Å². The average molecular weight is 309 g/mol. The minimum absolute atomic E-state index is 0.0659. The van der Waals surface area contributed by atoms with Gasteiger partial charge in [-0.05, 0) is 37.1 Å². The Bertz CT molecular complexity index is 683. The van der Waals surface area contributed by atoms with Gasteiger partial charge in [-0.1, -0.05) is 12.2 Å². The zero-order valence-electron chi connectivity index (χ0n) is 12.0. The average Bonchev–Trinajstić information content (AvgIpc) is 2.78. The molecule has 1 amide bonds. The number of rotatable bonds is 4. The van der Waals surface area contributed by atoms with E-state index >= 15 is 0 Å². The summed E-state index contributed by atoms with van der Waals surface area (Å²) in [4.78, 5) is 12.1. The standard InChI is InChI=1S/C14H19N3O3S/c1-9-7-12(5-6-13(9)17-21(2,19)20)16-14(18)10-3-4-11(15)8-10/h3-7,10-11,17H,8,15H2,1-2H3,(H,16,18). The molecule has 0 spiro atoms. The first-order valence-corrected chi connectivity index (χ1v) is 8.47. The number of hydrogen-bond donors (Lipinski definition) is 3. The number of benzene rings is 1. The van der Waals surface area contributed by atoms with Crippen LogP contribution < -0.4 is 15.8 Å². The van der Waals surface area contributed by atoms with Crippen LogP contribution in [0.4, 0.5) is 11.4 Å². The van der Waals surface area contributed by atoms with Gasteiger partial charge in [-0.2, -0.15) is 0 Å². The topological polar surface area (TPSA) is 101 Å². The van der Waals surface area contributed by atoms with Crippen molar-refractivity contribution < 1.29 is 13.2 Å². The fraction of sp³-hybridized carbons (Fsp3) is 0.357. The van der Waals surface area contributed by atoms with Crippen LogP contribution in [0, 0.1) is 12.8 Å². The Morgan fingerprint density at radius 2 is 2.05 bits per heavy atom. The first-order valence-electron chi connectivity index (χ1n) is 6.58. The summed E-state index contributed by atoms with van der Waals surface area (Å²) in [6.07, 6.45) is 5.34. The number of hydrogen-bond acceptors (Lipinski definition) is 4. The van der Waals surface area contributed by atoms with Gasteiger partial charge in [0.05, 0.1) is 17.9 Å². The summed E-state index contributed by atoms with van der Waals surface area (Å²) in [5, 5.41) is 2.81. The number of amides is 1. The molecule has 0 heterocycles. The zero-order chi connectivity index (χ0) is 15.6. The van der Waals surface area contributed by atoms with E-state index in [2.05, 4.69) is 10.0 Å². The second-order valence-corrected chi connectivity index (χ2v) is 7.03. The molecule has 21 heavy (non-hydrogen) atoms. The third-order valence-electron chi connectivity index (χ3n) is 3.24. The predicted octanol–water partition coefficient (Wildman–Crippen LogP) is 1.21. The molecule has 1 aromatic carbocycles. The summed E-state index contributed by atoms with van der Waals surface area (Å²) in [5.41, 5.74) is 7.59. The fourth-order valence-corrected chi connectivity index (χ4v) is 2.84. The van der Waals surface area contributed by atoms with Crippen molar-refractivity contribution in [3.63, 3.8) is 0 Å². The maximum absolute atomic E-state index is 12.1. The summed E-state index contributed by atoms with van der Waals surface area (Å²) in [5.74, 6) is -0.323. The van der Waals surface area contributed by atoms with Gasteiger partial charge in [-0.15, -0.1) is 0 Å². The fourth-order valence-electron chi connectivity index (χ4n) is 2.21. The maximum atomic E-state index is 12.1. The van der Waals surface area contributed by atoms with Gasteiger partial charge in [0, 0.05) is 11.7 Å². The molecule has 0 aliphatic heterocycles. The van der Waals surface area contributed by atoms with Gasteiger partial charge in [0.2, 0.25) is 15.9 Å². The molecule has 0 saturated carbocycles. The van der Waals surface area contributed by atoms with Crippen molar-refractivity contribution in [2.45, 2.75) is 19.4 Å². The molecule has 0 saturated heterocycles. The van der Waals surface area contributed by atoms with Crippen LogP contribution >= 0.6 is 0 Å². The normalized spacial score (nSPS) is 21.3. The van der Waals surface area contributed by atoms with Crippen LogP contribution in [0.15, 0.2) is 30.4 Å². The molecule has 0 aromatic heterocycles. The quantitative estimate of drug-likeness (QED) is 0.728. The van der Waals surface area contributed by atoms with Gasteiger partial charge in [0.1, 0.15) is 0 Å². The van der Waals surface area contributed by atoms with Crippen molar-refractivity contribution >= 4 is 27.3 Å². The molecule has 1 aromatic rings. The van der Waals surface area contributed by atoms with Crippen LogP contribution in [-0.4, -0.2) is 26.6 Å². The van der Waals surface area contributed by atoms with Crippen LogP contribution in [0.25, 0.3) is 0 Å². The Morgan fingerprint density at radius 1 is 1.33 bits per heavy atom. The van der Waals surface area contributed by atoms with Crippen molar-refractivity contribution in [1.82, 2.24) is 0 Å². The first-order chi connectivity index (χ1) is 9.74. The Kier molecular flexibility index (Phi) is 4.34. The summed E-state index contributed by atoms with van der Waals surface area (Å²) >= 11 is 0. The molecule has 7 heteroatoms. The molecular formula is C14H19N3O3S. The number of carbonyl (C=O) groups is 1. The van der Waals surface area contributed by atoms with Gasteiger partial charge in [-0.25, -0.2) is 8.42 Å². The van der Waals surface area contributed by atoms with Gasteiger partial charge < -0.3 is 11.1 Å². The molecule has 114 valence electrons. The molecule has 6 nitrogen and oxygen atoms in total. The Morgan fingerprint density at radius 3 is 2.57 bits per heavy atom. The number of carbonyl (C=O) groups excluding carboxylic acids is 1. The van der Waals surface area contributed by atoms with Crippen molar-refractivity contribution in [3.05, 3.63) is 35.9 Å². The summed E-state index contributed by atoms with van der Waals surface area (Å²) in [6.45, 7) is 1.77. The van der Waals surface area contributed by atoms with Crippen LogP contribution in [-0.2, 0) is 14.8 Å². The summed E-state index contributed by atoms with van der Waals surface area (Å²) in [7, 11) is -3.32. The van der Waals surface area contributed by atoms with E-state index in [1.165, 1.54) is 0 Å². The van der Waals surface area contributed by atoms with Crippen LogP contribution in [0.1, 0.15) is 12.0 Å². The van der Waals surface area contributed by atoms with Gasteiger partial charge in [0.15, 0.2) is 0 Å². The van der Waals surface area contributed by atoms with E-state index in [4.69, 9.17) is 5.73 Å². The molecule has 1 aliphatic carbocycles. The molecule has 0 radical (unpaired) electrons. The van der Waals surface area contributed by atoms with Crippen LogP contribution in [0.3, 0.4) is 0 Å². The van der Waals surface area contributed by atoms with Crippen molar-refractivity contribution in [2.75, 3.05) is 16.3 Å². The van der Waals surface area contributed by atoms with E-state index in [0.717, 1.165) is 11.8 Å². The number of anilines is 2. The van der Waals surface area contributed by atoms with E-state index in [-0.39, 0.29) is 17.9 Å². The molecule has 0 bridgehead atoms. The zero-order valence-corrected chi connectivity index (χ0v) is 12.8. The highest BCUT2D eigenvalue weighted by Gasteiger charge is 2.22. The van der Waals surface area contributed by atoms with E-state index < -0.39 is 10.0 Å².